The lowest BCUT2D eigenvalue weighted by atomic mass is 10.2. The highest BCUT2D eigenvalue weighted by molar-refractivity contribution is 5.75. The van der Waals surface area contributed by atoms with Crippen LogP contribution in [0.3, 0.4) is 0 Å². The first-order valence-electron chi connectivity index (χ1n) is 5.25. The number of fused-ring (bicyclic) bond motifs is 1. The van der Waals surface area contributed by atoms with E-state index in [0.29, 0.717) is 5.82 Å². The Bertz CT molecular complexity index is 662. The van der Waals surface area contributed by atoms with Crippen LogP contribution >= 0.6 is 0 Å². The average Bonchev–Trinajstić information content (AvgIpc) is 2.82. The van der Waals surface area contributed by atoms with Crippen molar-refractivity contribution in [2.24, 2.45) is 0 Å². The number of hydrogen-bond donors (Lipinski definition) is 1. The number of hydrogen-bond acceptors (Lipinski definition) is 4. The Morgan fingerprint density at radius 3 is 2.94 bits per heavy atom. The van der Waals surface area contributed by atoms with Crippen LogP contribution in [0, 0.1) is 0 Å². The van der Waals surface area contributed by atoms with Crippen molar-refractivity contribution in [1.29, 1.82) is 0 Å². The molecular weight excluding hydrogens is 216 g/mol. The summed E-state index contributed by atoms with van der Waals surface area (Å²) < 4.78 is 1.66. The van der Waals surface area contributed by atoms with E-state index in [2.05, 4.69) is 15.3 Å². The van der Waals surface area contributed by atoms with E-state index < -0.39 is 0 Å². The molecule has 5 nitrogen and oxygen atoms in total. The SMILES string of the molecule is OCc1ccnc(-n2nnc3ccccc32)c1. The van der Waals surface area contributed by atoms with Gasteiger partial charge in [0.15, 0.2) is 5.82 Å². The average molecular weight is 226 g/mol. The molecule has 0 aliphatic carbocycles. The summed E-state index contributed by atoms with van der Waals surface area (Å²) >= 11 is 0. The number of nitrogens with zero attached hydrogens (tertiary/aromatic N) is 4. The van der Waals surface area contributed by atoms with E-state index in [9.17, 15) is 0 Å². The Balaban J connectivity index is 2.20. The predicted molar refractivity (Wildman–Crippen MR) is 62.6 cm³/mol. The zero-order valence-corrected chi connectivity index (χ0v) is 8.98. The number of para-hydroxylation sites is 1. The molecule has 17 heavy (non-hydrogen) atoms. The first-order chi connectivity index (χ1) is 8.38. The molecule has 0 unspecified atom stereocenters. The number of aliphatic hydroxyl groups excluding tert-OH is 1. The number of rotatable bonds is 2. The molecule has 0 bridgehead atoms. The summed E-state index contributed by atoms with van der Waals surface area (Å²) in [4.78, 5) is 4.23. The van der Waals surface area contributed by atoms with Gasteiger partial charge in [0.1, 0.15) is 5.52 Å². The molecule has 0 saturated carbocycles. The molecule has 0 aliphatic rings. The maximum absolute atomic E-state index is 9.10. The Morgan fingerprint density at radius 2 is 2.06 bits per heavy atom. The fraction of sp³-hybridized carbons (Fsp3) is 0.0833. The Morgan fingerprint density at radius 1 is 1.18 bits per heavy atom. The summed E-state index contributed by atoms with van der Waals surface area (Å²) in [7, 11) is 0. The highest BCUT2D eigenvalue weighted by Gasteiger charge is 2.06. The van der Waals surface area contributed by atoms with Gasteiger partial charge in [0.25, 0.3) is 0 Å². The first kappa shape index (κ1) is 9.92. The van der Waals surface area contributed by atoms with E-state index in [1.54, 1.807) is 23.0 Å². The third-order valence-electron chi connectivity index (χ3n) is 2.56. The van der Waals surface area contributed by atoms with E-state index in [-0.39, 0.29) is 6.61 Å². The van der Waals surface area contributed by atoms with E-state index >= 15 is 0 Å². The summed E-state index contributed by atoms with van der Waals surface area (Å²) in [6.45, 7) is -0.0118. The molecule has 0 radical (unpaired) electrons. The second-order valence-electron chi connectivity index (χ2n) is 3.67. The number of aromatic nitrogens is 4. The second kappa shape index (κ2) is 3.95. The van der Waals surface area contributed by atoms with Crippen LogP contribution in [-0.4, -0.2) is 25.1 Å². The van der Waals surface area contributed by atoms with Gasteiger partial charge in [-0.25, -0.2) is 4.98 Å². The Kier molecular flexibility index (Phi) is 2.31. The number of aliphatic hydroxyl groups is 1. The van der Waals surface area contributed by atoms with Crippen LogP contribution in [0.5, 0.6) is 0 Å². The molecule has 1 N–H and O–H groups in total. The molecule has 0 amide bonds. The van der Waals surface area contributed by atoms with Gasteiger partial charge in [-0.05, 0) is 29.8 Å². The Labute approximate surface area is 97.3 Å². The highest BCUT2D eigenvalue weighted by atomic mass is 16.3. The van der Waals surface area contributed by atoms with Crippen LogP contribution in [-0.2, 0) is 6.61 Å². The number of benzene rings is 1. The van der Waals surface area contributed by atoms with Crippen LogP contribution in [0.4, 0.5) is 0 Å². The monoisotopic (exact) mass is 226 g/mol. The lowest BCUT2D eigenvalue weighted by molar-refractivity contribution is 0.281. The van der Waals surface area contributed by atoms with E-state index in [0.717, 1.165) is 16.6 Å². The van der Waals surface area contributed by atoms with Gasteiger partial charge in [-0.1, -0.05) is 17.3 Å². The van der Waals surface area contributed by atoms with E-state index in [1.165, 1.54) is 0 Å². The lowest BCUT2D eigenvalue weighted by Gasteiger charge is -2.02. The normalized spacial score (nSPS) is 10.9. The van der Waals surface area contributed by atoms with Crippen molar-refractivity contribution < 1.29 is 5.11 Å². The van der Waals surface area contributed by atoms with Crippen molar-refractivity contribution in [2.75, 3.05) is 0 Å². The molecule has 5 heteroatoms. The highest BCUT2D eigenvalue weighted by Crippen LogP contribution is 2.14. The van der Waals surface area contributed by atoms with E-state index in [1.807, 2.05) is 24.3 Å². The largest absolute Gasteiger partial charge is 0.392 e. The minimum Gasteiger partial charge on any atom is -0.392 e. The summed E-state index contributed by atoms with van der Waals surface area (Å²) in [5, 5.41) is 17.2. The summed E-state index contributed by atoms with van der Waals surface area (Å²) in [5.41, 5.74) is 2.52. The van der Waals surface area contributed by atoms with Gasteiger partial charge in [-0.15, -0.1) is 5.10 Å². The summed E-state index contributed by atoms with van der Waals surface area (Å²) in [6.07, 6.45) is 1.65. The molecule has 2 heterocycles. The van der Waals surface area contributed by atoms with E-state index in [4.69, 9.17) is 5.11 Å². The van der Waals surface area contributed by atoms with Gasteiger partial charge in [0.05, 0.1) is 12.1 Å². The molecule has 3 rings (SSSR count). The van der Waals surface area contributed by atoms with Crippen molar-refractivity contribution in [3.8, 4) is 5.82 Å². The van der Waals surface area contributed by atoms with Crippen molar-refractivity contribution in [1.82, 2.24) is 20.0 Å². The third-order valence-corrected chi connectivity index (χ3v) is 2.56. The molecule has 0 atom stereocenters. The topological polar surface area (TPSA) is 63.8 Å². The fourth-order valence-electron chi connectivity index (χ4n) is 1.71. The predicted octanol–water partition coefficient (Wildman–Crippen LogP) is 1.31. The van der Waals surface area contributed by atoms with Crippen molar-refractivity contribution >= 4 is 11.0 Å². The summed E-state index contributed by atoms with van der Waals surface area (Å²) in [6, 6.07) is 11.2. The van der Waals surface area contributed by atoms with Crippen LogP contribution < -0.4 is 0 Å². The first-order valence-corrected chi connectivity index (χ1v) is 5.25. The minimum atomic E-state index is -0.0118. The standard InChI is InChI=1S/C12H10N4O/c17-8-9-5-6-13-12(7-9)16-11-4-2-1-3-10(11)14-15-16/h1-7,17H,8H2. The van der Waals surface area contributed by atoms with Gasteiger partial charge in [0, 0.05) is 6.20 Å². The van der Waals surface area contributed by atoms with Crippen molar-refractivity contribution in [2.45, 2.75) is 6.61 Å². The van der Waals surface area contributed by atoms with Crippen LogP contribution in [0.15, 0.2) is 42.6 Å². The van der Waals surface area contributed by atoms with Crippen molar-refractivity contribution in [3.63, 3.8) is 0 Å². The fourth-order valence-corrected chi connectivity index (χ4v) is 1.71. The molecule has 2 aromatic heterocycles. The van der Waals surface area contributed by atoms with Crippen molar-refractivity contribution in [3.05, 3.63) is 48.2 Å². The molecular formula is C12H10N4O. The molecule has 84 valence electrons. The maximum atomic E-state index is 9.10. The smallest absolute Gasteiger partial charge is 0.156 e. The second-order valence-corrected chi connectivity index (χ2v) is 3.67. The molecule has 0 fully saturated rings. The molecule has 0 spiro atoms. The maximum Gasteiger partial charge on any atom is 0.156 e. The quantitative estimate of drug-likeness (QED) is 0.715. The molecule has 0 aliphatic heterocycles. The van der Waals surface area contributed by atoms with Gasteiger partial charge in [-0.3, -0.25) is 0 Å². The van der Waals surface area contributed by atoms with Gasteiger partial charge in [0.2, 0.25) is 0 Å². The lowest BCUT2D eigenvalue weighted by Crippen LogP contribution is -2.00. The van der Waals surface area contributed by atoms with Gasteiger partial charge < -0.3 is 5.11 Å². The van der Waals surface area contributed by atoms with Crippen LogP contribution in [0.25, 0.3) is 16.9 Å². The minimum absolute atomic E-state index is 0.0118. The zero-order chi connectivity index (χ0) is 11.7. The Hall–Kier alpha value is -2.27. The van der Waals surface area contributed by atoms with Gasteiger partial charge >= 0.3 is 0 Å². The molecule has 0 saturated heterocycles. The number of pyridine rings is 1. The zero-order valence-electron chi connectivity index (χ0n) is 8.98. The van der Waals surface area contributed by atoms with Crippen LogP contribution in [0.2, 0.25) is 0 Å². The summed E-state index contributed by atoms with van der Waals surface area (Å²) in [5.74, 6) is 0.658. The molecule has 3 aromatic rings. The van der Waals surface area contributed by atoms with Gasteiger partial charge in [-0.2, -0.15) is 4.68 Å². The third kappa shape index (κ3) is 1.66. The molecule has 1 aromatic carbocycles. The van der Waals surface area contributed by atoms with Crippen LogP contribution in [0.1, 0.15) is 5.56 Å².